The number of rotatable bonds is 2. The topological polar surface area (TPSA) is 44.5 Å². The lowest BCUT2D eigenvalue weighted by molar-refractivity contribution is -0.0431. The molecule has 1 saturated carbocycles. The molecular formula is C13H16ClNO2. The van der Waals surface area contributed by atoms with Gasteiger partial charge in [-0.25, -0.2) is 0 Å². The summed E-state index contributed by atoms with van der Waals surface area (Å²) in [5.74, 6) is 0.745. The Labute approximate surface area is 106 Å². The predicted octanol–water partition coefficient (Wildman–Crippen LogP) is 2.84. The van der Waals surface area contributed by atoms with E-state index in [1.54, 1.807) is 0 Å². The Morgan fingerprint density at radius 1 is 1.29 bits per heavy atom. The SMILES string of the molecule is CC1(C)Oc2cc(C3(CN)CC3)cc(Cl)c2O1. The maximum absolute atomic E-state index is 6.25. The van der Waals surface area contributed by atoms with Crippen molar-refractivity contribution in [1.29, 1.82) is 0 Å². The standard InChI is InChI=1S/C13H16ClNO2/c1-12(2)16-10-6-8(13(7-15)3-4-13)5-9(14)11(10)17-12/h5-6H,3-4,7,15H2,1-2H3. The van der Waals surface area contributed by atoms with Crippen LogP contribution in [0.5, 0.6) is 11.5 Å². The fourth-order valence-corrected chi connectivity index (χ4v) is 2.59. The van der Waals surface area contributed by atoms with Gasteiger partial charge in [0.15, 0.2) is 11.5 Å². The Morgan fingerprint density at radius 3 is 2.59 bits per heavy atom. The lowest BCUT2D eigenvalue weighted by Gasteiger charge is -2.16. The van der Waals surface area contributed by atoms with Crippen LogP contribution in [0.1, 0.15) is 32.3 Å². The molecule has 0 spiro atoms. The van der Waals surface area contributed by atoms with Crippen LogP contribution in [-0.4, -0.2) is 12.3 Å². The molecule has 1 aromatic rings. The minimum absolute atomic E-state index is 0.120. The third kappa shape index (κ3) is 1.69. The van der Waals surface area contributed by atoms with E-state index >= 15 is 0 Å². The van der Waals surface area contributed by atoms with Crippen molar-refractivity contribution in [2.45, 2.75) is 37.9 Å². The molecule has 17 heavy (non-hydrogen) atoms. The van der Waals surface area contributed by atoms with Crippen molar-refractivity contribution in [3.63, 3.8) is 0 Å². The van der Waals surface area contributed by atoms with E-state index in [1.165, 1.54) is 5.56 Å². The van der Waals surface area contributed by atoms with Gasteiger partial charge in [0.05, 0.1) is 5.02 Å². The van der Waals surface area contributed by atoms with Gasteiger partial charge < -0.3 is 15.2 Å². The highest BCUT2D eigenvalue weighted by molar-refractivity contribution is 6.32. The number of ether oxygens (including phenoxy) is 2. The quantitative estimate of drug-likeness (QED) is 0.882. The fourth-order valence-electron chi connectivity index (χ4n) is 2.34. The second-order valence-electron chi connectivity index (χ2n) is 5.37. The first-order chi connectivity index (χ1) is 7.96. The fraction of sp³-hybridized carbons (Fsp3) is 0.538. The van der Waals surface area contributed by atoms with Crippen LogP contribution in [-0.2, 0) is 5.41 Å². The largest absolute Gasteiger partial charge is 0.449 e. The van der Waals surface area contributed by atoms with Gasteiger partial charge in [-0.1, -0.05) is 11.6 Å². The molecule has 1 aliphatic heterocycles. The van der Waals surface area contributed by atoms with E-state index in [0.717, 1.165) is 18.6 Å². The number of halogens is 1. The van der Waals surface area contributed by atoms with Crippen molar-refractivity contribution in [3.8, 4) is 11.5 Å². The highest BCUT2D eigenvalue weighted by Gasteiger charge is 2.45. The van der Waals surface area contributed by atoms with Gasteiger partial charge in [-0.05, 0) is 30.5 Å². The summed E-state index contributed by atoms with van der Waals surface area (Å²) >= 11 is 6.25. The molecule has 0 unspecified atom stereocenters. The van der Waals surface area contributed by atoms with Crippen molar-refractivity contribution < 1.29 is 9.47 Å². The molecule has 0 bridgehead atoms. The molecule has 1 heterocycles. The van der Waals surface area contributed by atoms with Gasteiger partial charge in [-0.3, -0.25) is 0 Å². The second kappa shape index (κ2) is 3.30. The molecule has 0 atom stereocenters. The number of fused-ring (bicyclic) bond motifs is 1. The zero-order chi connectivity index (χ0) is 12.3. The molecule has 4 heteroatoms. The van der Waals surface area contributed by atoms with Crippen molar-refractivity contribution >= 4 is 11.6 Å². The van der Waals surface area contributed by atoms with Gasteiger partial charge in [-0.2, -0.15) is 0 Å². The van der Waals surface area contributed by atoms with Crippen LogP contribution >= 0.6 is 11.6 Å². The van der Waals surface area contributed by atoms with Crippen LogP contribution in [0, 0.1) is 0 Å². The van der Waals surface area contributed by atoms with Crippen LogP contribution in [0.3, 0.4) is 0 Å². The van der Waals surface area contributed by atoms with Crippen molar-refractivity contribution in [1.82, 2.24) is 0 Å². The third-order valence-corrected chi connectivity index (χ3v) is 3.85. The van der Waals surface area contributed by atoms with E-state index in [4.69, 9.17) is 26.8 Å². The first kappa shape index (κ1) is 11.2. The molecule has 0 saturated heterocycles. The van der Waals surface area contributed by atoms with Gasteiger partial charge in [0.25, 0.3) is 0 Å². The highest BCUT2D eigenvalue weighted by atomic mass is 35.5. The Bertz CT molecular complexity index is 481. The summed E-state index contributed by atoms with van der Waals surface area (Å²) in [7, 11) is 0. The summed E-state index contributed by atoms with van der Waals surface area (Å²) in [5.41, 5.74) is 7.13. The molecule has 1 fully saturated rings. The number of hydrogen-bond acceptors (Lipinski definition) is 3. The summed E-state index contributed by atoms with van der Waals surface area (Å²) in [6.45, 7) is 4.41. The van der Waals surface area contributed by atoms with Crippen molar-refractivity contribution in [2.75, 3.05) is 6.54 Å². The third-order valence-electron chi connectivity index (χ3n) is 3.57. The highest BCUT2D eigenvalue weighted by Crippen LogP contribution is 2.52. The Hall–Kier alpha value is -0.930. The van der Waals surface area contributed by atoms with Crippen molar-refractivity contribution in [2.24, 2.45) is 5.73 Å². The van der Waals surface area contributed by atoms with Crippen LogP contribution in [0.4, 0.5) is 0 Å². The van der Waals surface area contributed by atoms with E-state index in [2.05, 4.69) is 0 Å². The molecule has 1 aliphatic carbocycles. The van der Waals surface area contributed by atoms with Gasteiger partial charge in [0.1, 0.15) is 0 Å². The van der Waals surface area contributed by atoms with E-state index in [0.29, 0.717) is 17.3 Å². The number of benzene rings is 1. The maximum Gasteiger partial charge on any atom is 0.246 e. The molecule has 3 nitrogen and oxygen atoms in total. The van der Waals surface area contributed by atoms with Gasteiger partial charge in [0.2, 0.25) is 5.79 Å². The smallest absolute Gasteiger partial charge is 0.246 e. The van der Waals surface area contributed by atoms with Crippen LogP contribution < -0.4 is 15.2 Å². The second-order valence-corrected chi connectivity index (χ2v) is 5.78. The molecule has 92 valence electrons. The van der Waals surface area contributed by atoms with Crippen LogP contribution in [0.2, 0.25) is 5.02 Å². The summed E-state index contributed by atoms with van der Waals surface area (Å²) < 4.78 is 11.4. The molecule has 0 amide bonds. The average Bonchev–Trinajstić information content (AvgIpc) is 2.97. The van der Waals surface area contributed by atoms with Gasteiger partial charge >= 0.3 is 0 Å². The number of hydrogen-bond donors (Lipinski definition) is 1. The molecule has 2 aliphatic rings. The summed E-state index contributed by atoms with van der Waals surface area (Å²) in [6.07, 6.45) is 2.26. The zero-order valence-corrected chi connectivity index (χ0v) is 10.8. The van der Waals surface area contributed by atoms with E-state index in [1.807, 2.05) is 26.0 Å². The van der Waals surface area contributed by atoms with Crippen molar-refractivity contribution in [3.05, 3.63) is 22.7 Å². The Kier molecular flexibility index (Phi) is 2.17. The normalized spacial score (nSPS) is 22.6. The molecule has 3 rings (SSSR count). The van der Waals surface area contributed by atoms with Crippen LogP contribution in [0.15, 0.2) is 12.1 Å². The maximum atomic E-state index is 6.25. The van der Waals surface area contributed by atoms with E-state index in [9.17, 15) is 0 Å². The van der Waals surface area contributed by atoms with Gasteiger partial charge in [-0.15, -0.1) is 0 Å². The minimum Gasteiger partial charge on any atom is -0.449 e. The number of nitrogens with two attached hydrogens (primary N) is 1. The average molecular weight is 254 g/mol. The predicted molar refractivity (Wildman–Crippen MR) is 66.8 cm³/mol. The molecule has 2 N–H and O–H groups in total. The first-order valence-electron chi connectivity index (χ1n) is 5.88. The van der Waals surface area contributed by atoms with Gasteiger partial charge in [0, 0.05) is 25.8 Å². The van der Waals surface area contributed by atoms with Crippen LogP contribution in [0.25, 0.3) is 0 Å². The minimum atomic E-state index is -0.635. The zero-order valence-electron chi connectivity index (χ0n) is 10.0. The monoisotopic (exact) mass is 253 g/mol. The summed E-state index contributed by atoms with van der Waals surface area (Å²) in [6, 6.07) is 3.99. The van der Waals surface area contributed by atoms with E-state index in [-0.39, 0.29) is 5.41 Å². The molecule has 0 aromatic heterocycles. The lowest BCUT2D eigenvalue weighted by Crippen LogP contribution is -2.29. The molecule has 1 aromatic carbocycles. The molecule has 0 radical (unpaired) electrons. The summed E-state index contributed by atoms with van der Waals surface area (Å²) in [5, 5.41) is 0.614. The Morgan fingerprint density at radius 2 is 2.00 bits per heavy atom. The Balaban J connectivity index is 2.05. The lowest BCUT2D eigenvalue weighted by atomic mass is 9.96. The molecular weight excluding hydrogens is 238 g/mol. The van der Waals surface area contributed by atoms with E-state index < -0.39 is 5.79 Å². The summed E-state index contributed by atoms with van der Waals surface area (Å²) in [4.78, 5) is 0. The first-order valence-corrected chi connectivity index (χ1v) is 6.26.